The van der Waals surface area contributed by atoms with Gasteiger partial charge in [0.15, 0.2) is 11.5 Å². The summed E-state index contributed by atoms with van der Waals surface area (Å²) >= 11 is 1.57. The molecule has 0 unspecified atom stereocenters. The average molecular weight is 338 g/mol. The van der Waals surface area contributed by atoms with Crippen LogP contribution in [0.4, 0.5) is 4.79 Å². The molecule has 2 heterocycles. The lowest BCUT2D eigenvalue weighted by atomic mass is 10.0. The number of morpholine rings is 1. The largest absolute Gasteiger partial charge is 0.483 e. The van der Waals surface area contributed by atoms with Crippen molar-refractivity contribution in [2.45, 2.75) is 25.9 Å². The molecule has 0 aliphatic carbocycles. The number of fused-ring (bicyclic) bond motifs is 1. The highest BCUT2D eigenvalue weighted by molar-refractivity contribution is 7.96. The van der Waals surface area contributed by atoms with Crippen molar-refractivity contribution in [2.75, 3.05) is 32.2 Å². The van der Waals surface area contributed by atoms with Crippen LogP contribution in [-0.2, 0) is 11.2 Å². The van der Waals surface area contributed by atoms with Crippen LogP contribution < -0.4 is 14.8 Å². The number of benzene rings is 1. The highest BCUT2D eigenvalue weighted by atomic mass is 32.2. The topological polar surface area (TPSA) is 60.0 Å². The summed E-state index contributed by atoms with van der Waals surface area (Å²) in [6.45, 7) is 7.26. The standard InChI is InChI=1S/C16H22N2O4S/c1-16(2)10-12-4-3-5-13(14(12)22-16)21-15(19)17-11-23-18-6-8-20-9-7-18/h3-5H,6-11H2,1-2H3,(H,17,19). The molecule has 126 valence electrons. The van der Waals surface area contributed by atoms with Gasteiger partial charge in [-0.3, -0.25) is 0 Å². The highest BCUT2D eigenvalue weighted by Crippen LogP contribution is 2.41. The van der Waals surface area contributed by atoms with Gasteiger partial charge in [-0.05, 0) is 19.9 Å². The van der Waals surface area contributed by atoms with Crippen LogP contribution >= 0.6 is 11.9 Å². The summed E-state index contributed by atoms with van der Waals surface area (Å²) in [5.74, 6) is 1.62. The molecule has 0 bridgehead atoms. The van der Waals surface area contributed by atoms with Crippen LogP contribution in [0.1, 0.15) is 19.4 Å². The molecule has 0 aromatic heterocycles. The molecule has 1 fully saturated rings. The zero-order valence-corrected chi connectivity index (χ0v) is 14.3. The maximum Gasteiger partial charge on any atom is 0.413 e. The number of ether oxygens (including phenoxy) is 3. The summed E-state index contributed by atoms with van der Waals surface area (Å²) < 4.78 is 18.8. The molecule has 2 aliphatic heterocycles. The van der Waals surface area contributed by atoms with Crippen LogP contribution in [0.5, 0.6) is 11.5 Å². The Labute approximate surface area is 140 Å². The van der Waals surface area contributed by atoms with Gasteiger partial charge >= 0.3 is 6.09 Å². The maximum absolute atomic E-state index is 12.0. The second-order valence-electron chi connectivity index (χ2n) is 6.16. The first-order valence-electron chi connectivity index (χ1n) is 7.76. The number of hydrogen-bond donors (Lipinski definition) is 1. The van der Waals surface area contributed by atoms with Crippen molar-refractivity contribution >= 4 is 18.0 Å². The molecular formula is C16H22N2O4S. The smallest absolute Gasteiger partial charge is 0.413 e. The van der Waals surface area contributed by atoms with E-state index in [-0.39, 0.29) is 5.60 Å². The van der Waals surface area contributed by atoms with E-state index >= 15 is 0 Å². The number of nitrogens with zero attached hydrogens (tertiary/aromatic N) is 1. The number of para-hydroxylation sites is 1. The second-order valence-corrected chi connectivity index (χ2v) is 7.23. The van der Waals surface area contributed by atoms with Crippen molar-refractivity contribution < 1.29 is 19.0 Å². The van der Waals surface area contributed by atoms with Gasteiger partial charge in [0.25, 0.3) is 0 Å². The van der Waals surface area contributed by atoms with Gasteiger partial charge in [0.1, 0.15) is 5.60 Å². The maximum atomic E-state index is 12.0. The molecule has 3 rings (SSSR count). The second kappa shape index (κ2) is 6.98. The molecule has 0 saturated carbocycles. The monoisotopic (exact) mass is 338 g/mol. The molecule has 0 spiro atoms. The molecule has 1 N–H and O–H groups in total. The number of amides is 1. The summed E-state index contributed by atoms with van der Waals surface area (Å²) in [6.07, 6.45) is 0.348. The fourth-order valence-electron chi connectivity index (χ4n) is 2.66. The molecular weight excluding hydrogens is 316 g/mol. The van der Waals surface area contributed by atoms with Gasteiger partial charge < -0.3 is 19.5 Å². The summed E-state index contributed by atoms with van der Waals surface area (Å²) in [5, 5.41) is 2.75. The van der Waals surface area contributed by atoms with E-state index in [2.05, 4.69) is 9.62 Å². The summed E-state index contributed by atoms with van der Waals surface area (Å²) in [4.78, 5) is 12.0. The summed E-state index contributed by atoms with van der Waals surface area (Å²) in [5.41, 5.74) is 0.813. The molecule has 0 atom stereocenters. The predicted molar refractivity (Wildman–Crippen MR) is 88.9 cm³/mol. The van der Waals surface area contributed by atoms with Gasteiger partial charge in [0, 0.05) is 25.1 Å². The van der Waals surface area contributed by atoms with E-state index < -0.39 is 6.09 Å². The van der Waals surface area contributed by atoms with Gasteiger partial charge in [-0.2, -0.15) is 0 Å². The fraction of sp³-hybridized carbons (Fsp3) is 0.562. The molecule has 1 amide bonds. The van der Waals surface area contributed by atoms with E-state index in [4.69, 9.17) is 14.2 Å². The Morgan fingerprint density at radius 2 is 2.17 bits per heavy atom. The molecule has 0 radical (unpaired) electrons. The lowest BCUT2D eigenvalue weighted by Gasteiger charge is -2.25. The minimum Gasteiger partial charge on any atom is -0.483 e. The van der Waals surface area contributed by atoms with Gasteiger partial charge in [0.2, 0.25) is 0 Å². The van der Waals surface area contributed by atoms with E-state index in [0.29, 0.717) is 17.4 Å². The van der Waals surface area contributed by atoms with Gasteiger partial charge in [-0.25, -0.2) is 9.10 Å². The van der Waals surface area contributed by atoms with Gasteiger partial charge in [0.05, 0.1) is 19.1 Å². The molecule has 1 saturated heterocycles. The normalized spacial score (nSPS) is 19.7. The van der Waals surface area contributed by atoms with E-state index in [1.807, 2.05) is 26.0 Å². The Morgan fingerprint density at radius 3 is 2.96 bits per heavy atom. The molecule has 6 nitrogen and oxygen atoms in total. The van der Waals surface area contributed by atoms with Crippen LogP contribution in [0.15, 0.2) is 18.2 Å². The minimum atomic E-state index is -0.465. The molecule has 7 heteroatoms. The Balaban J connectivity index is 1.50. The van der Waals surface area contributed by atoms with Crippen LogP contribution in [0.25, 0.3) is 0 Å². The third-order valence-corrected chi connectivity index (χ3v) is 4.70. The zero-order valence-electron chi connectivity index (χ0n) is 13.5. The SMILES string of the molecule is CC1(C)Cc2cccc(OC(=O)NCSN3CCOCC3)c2O1. The Bertz CT molecular complexity index is 573. The molecule has 2 aliphatic rings. The Morgan fingerprint density at radius 1 is 1.39 bits per heavy atom. The first kappa shape index (κ1) is 16.4. The van der Waals surface area contributed by atoms with E-state index in [1.165, 1.54) is 0 Å². The third kappa shape index (κ3) is 4.31. The van der Waals surface area contributed by atoms with Crippen molar-refractivity contribution in [3.05, 3.63) is 23.8 Å². The molecule has 1 aromatic rings. The first-order chi connectivity index (χ1) is 11.0. The first-order valence-corrected chi connectivity index (χ1v) is 8.70. The summed E-state index contributed by atoms with van der Waals surface area (Å²) in [6, 6.07) is 5.65. The highest BCUT2D eigenvalue weighted by Gasteiger charge is 2.32. The van der Waals surface area contributed by atoms with Crippen LogP contribution in [0.2, 0.25) is 0 Å². The number of carbonyl (C=O) groups is 1. The number of nitrogens with one attached hydrogen (secondary N) is 1. The van der Waals surface area contributed by atoms with E-state index in [9.17, 15) is 4.79 Å². The quantitative estimate of drug-likeness (QED) is 0.672. The average Bonchev–Trinajstić information content (AvgIpc) is 2.83. The lowest BCUT2D eigenvalue weighted by Crippen LogP contribution is -2.34. The number of rotatable bonds is 4. The van der Waals surface area contributed by atoms with Crippen molar-refractivity contribution in [3.8, 4) is 11.5 Å². The minimum absolute atomic E-state index is 0.259. The predicted octanol–water partition coefficient (Wildman–Crippen LogP) is 2.43. The zero-order chi connectivity index (χ0) is 16.3. The molecule has 1 aromatic carbocycles. The van der Waals surface area contributed by atoms with Crippen molar-refractivity contribution in [3.63, 3.8) is 0 Å². The van der Waals surface area contributed by atoms with Gasteiger partial charge in [-0.15, -0.1) is 0 Å². The van der Waals surface area contributed by atoms with Crippen LogP contribution in [-0.4, -0.2) is 48.2 Å². The van der Waals surface area contributed by atoms with E-state index in [0.717, 1.165) is 38.3 Å². The van der Waals surface area contributed by atoms with Crippen LogP contribution in [0, 0.1) is 0 Å². The van der Waals surface area contributed by atoms with E-state index in [1.54, 1.807) is 18.0 Å². The Hall–Kier alpha value is -1.44. The molecule has 23 heavy (non-hydrogen) atoms. The lowest BCUT2D eigenvalue weighted by molar-refractivity contribution is 0.0773. The fourth-order valence-corrected chi connectivity index (χ4v) is 3.43. The van der Waals surface area contributed by atoms with Crippen LogP contribution in [0.3, 0.4) is 0 Å². The number of hydrogen-bond acceptors (Lipinski definition) is 6. The number of carbonyl (C=O) groups excluding carboxylic acids is 1. The third-order valence-electron chi connectivity index (χ3n) is 3.69. The van der Waals surface area contributed by atoms with Crippen molar-refractivity contribution in [1.82, 2.24) is 9.62 Å². The Kier molecular flexibility index (Phi) is 4.99. The summed E-state index contributed by atoms with van der Waals surface area (Å²) in [7, 11) is 0. The van der Waals surface area contributed by atoms with Crippen molar-refractivity contribution in [1.29, 1.82) is 0 Å². The van der Waals surface area contributed by atoms with Gasteiger partial charge in [-0.1, -0.05) is 24.1 Å². The van der Waals surface area contributed by atoms with Crippen molar-refractivity contribution in [2.24, 2.45) is 0 Å².